The topological polar surface area (TPSA) is 39.2 Å². The quantitative estimate of drug-likeness (QED) is 0.757. The maximum absolute atomic E-state index is 12.3. The summed E-state index contributed by atoms with van der Waals surface area (Å²) >= 11 is 0. The fourth-order valence-corrected chi connectivity index (χ4v) is 1.68. The average molecular weight is 227 g/mol. The molecule has 0 fully saturated rings. The van der Waals surface area contributed by atoms with Crippen molar-refractivity contribution in [1.82, 2.24) is 4.98 Å². The van der Waals surface area contributed by atoms with Gasteiger partial charge in [0, 0.05) is 18.0 Å². The van der Waals surface area contributed by atoms with Crippen molar-refractivity contribution >= 4 is 5.78 Å². The number of para-hydroxylation sites is 1. The Kier molecular flexibility index (Phi) is 3.19. The molecule has 0 unspecified atom stereocenters. The Balaban J connectivity index is 2.48. The highest BCUT2D eigenvalue weighted by Gasteiger charge is 2.15. The first-order valence-electron chi connectivity index (χ1n) is 5.32. The summed E-state index contributed by atoms with van der Waals surface area (Å²) in [5, 5.41) is 0. The van der Waals surface area contributed by atoms with Gasteiger partial charge in [0.2, 0.25) is 0 Å². The van der Waals surface area contributed by atoms with E-state index in [1.165, 1.54) is 0 Å². The predicted octanol–water partition coefficient (Wildman–Crippen LogP) is 2.63. The molecule has 0 atom stereocenters. The molecule has 0 aliphatic heterocycles. The van der Waals surface area contributed by atoms with Crippen molar-refractivity contribution in [3.8, 4) is 5.75 Å². The summed E-state index contributed by atoms with van der Waals surface area (Å²) in [6, 6.07) is 9.02. The number of rotatable bonds is 3. The Labute approximate surface area is 100 Å². The Morgan fingerprint density at radius 3 is 2.65 bits per heavy atom. The summed E-state index contributed by atoms with van der Waals surface area (Å²) in [5.74, 6) is 0.522. The number of methoxy groups -OCH3 is 1. The lowest BCUT2D eigenvalue weighted by molar-refractivity contribution is 0.103. The molecule has 1 heterocycles. The van der Waals surface area contributed by atoms with Crippen LogP contribution in [-0.2, 0) is 0 Å². The van der Waals surface area contributed by atoms with Gasteiger partial charge in [0.1, 0.15) is 5.75 Å². The van der Waals surface area contributed by atoms with Crippen molar-refractivity contribution in [3.63, 3.8) is 0 Å². The minimum Gasteiger partial charge on any atom is -0.496 e. The van der Waals surface area contributed by atoms with Crippen LogP contribution in [0.4, 0.5) is 0 Å². The van der Waals surface area contributed by atoms with Gasteiger partial charge in [0.15, 0.2) is 5.78 Å². The molecule has 0 N–H and O–H groups in total. The number of pyridine rings is 1. The number of benzene rings is 1. The molecule has 1 aromatic carbocycles. The molecular formula is C14H13NO2. The number of hydrogen-bond acceptors (Lipinski definition) is 3. The second-order valence-electron chi connectivity index (χ2n) is 3.72. The fraction of sp³-hybridized carbons (Fsp3) is 0.143. The van der Waals surface area contributed by atoms with Crippen LogP contribution < -0.4 is 4.74 Å². The number of nitrogens with zero attached hydrogens (tertiary/aromatic N) is 1. The van der Waals surface area contributed by atoms with Crippen molar-refractivity contribution in [3.05, 3.63) is 59.4 Å². The van der Waals surface area contributed by atoms with Gasteiger partial charge in [0.05, 0.1) is 12.7 Å². The first-order valence-corrected chi connectivity index (χ1v) is 5.32. The lowest BCUT2D eigenvalue weighted by Crippen LogP contribution is -2.06. The molecule has 17 heavy (non-hydrogen) atoms. The lowest BCUT2D eigenvalue weighted by Gasteiger charge is -2.08. The average Bonchev–Trinajstić information content (AvgIpc) is 2.38. The van der Waals surface area contributed by atoms with Crippen LogP contribution >= 0.6 is 0 Å². The Bertz CT molecular complexity index is 549. The third-order valence-corrected chi connectivity index (χ3v) is 2.64. The second kappa shape index (κ2) is 4.78. The smallest absolute Gasteiger partial charge is 0.198 e. The zero-order valence-corrected chi connectivity index (χ0v) is 9.81. The molecule has 0 spiro atoms. The van der Waals surface area contributed by atoms with Crippen molar-refractivity contribution < 1.29 is 9.53 Å². The minimum atomic E-state index is -0.0620. The standard InChI is InChI=1S/C14H13NO2/c1-10-7-8-15-9-12(10)14(16)11-5-3-4-6-13(11)17-2/h3-9H,1-2H3. The highest BCUT2D eigenvalue weighted by atomic mass is 16.5. The normalized spacial score (nSPS) is 10.0. The molecule has 2 rings (SSSR count). The van der Waals surface area contributed by atoms with E-state index in [0.717, 1.165) is 5.56 Å². The van der Waals surface area contributed by atoms with Gasteiger partial charge in [-0.3, -0.25) is 9.78 Å². The van der Waals surface area contributed by atoms with E-state index >= 15 is 0 Å². The maximum Gasteiger partial charge on any atom is 0.198 e. The zero-order chi connectivity index (χ0) is 12.3. The molecule has 3 heteroatoms. The number of ether oxygens (including phenoxy) is 1. The van der Waals surface area contributed by atoms with E-state index in [1.807, 2.05) is 25.1 Å². The molecule has 0 radical (unpaired) electrons. The highest BCUT2D eigenvalue weighted by Crippen LogP contribution is 2.21. The van der Waals surface area contributed by atoms with Gasteiger partial charge in [-0.25, -0.2) is 0 Å². The van der Waals surface area contributed by atoms with Crippen LogP contribution in [0.2, 0.25) is 0 Å². The Morgan fingerprint density at radius 2 is 1.94 bits per heavy atom. The summed E-state index contributed by atoms with van der Waals surface area (Å²) in [7, 11) is 1.56. The first kappa shape index (κ1) is 11.3. The number of carbonyl (C=O) groups excluding carboxylic acids is 1. The number of aryl methyl sites for hydroxylation is 1. The Hall–Kier alpha value is -2.16. The monoisotopic (exact) mass is 227 g/mol. The van der Waals surface area contributed by atoms with E-state index in [2.05, 4.69) is 4.98 Å². The van der Waals surface area contributed by atoms with Gasteiger partial charge in [0.25, 0.3) is 0 Å². The minimum absolute atomic E-state index is 0.0620. The number of hydrogen-bond donors (Lipinski definition) is 0. The van der Waals surface area contributed by atoms with Gasteiger partial charge >= 0.3 is 0 Å². The molecule has 1 aromatic heterocycles. The van der Waals surface area contributed by atoms with Gasteiger partial charge in [-0.2, -0.15) is 0 Å². The number of ketones is 1. The van der Waals surface area contributed by atoms with Gasteiger partial charge in [-0.1, -0.05) is 12.1 Å². The zero-order valence-electron chi connectivity index (χ0n) is 9.81. The van der Waals surface area contributed by atoms with Gasteiger partial charge < -0.3 is 4.74 Å². The summed E-state index contributed by atoms with van der Waals surface area (Å²) < 4.78 is 5.19. The second-order valence-corrected chi connectivity index (χ2v) is 3.72. The molecule has 0 saturated carbocycles. The van der Waals surface area contributed by atoms with Crippen LogP contribution in [0.25, 0.3) is 0 Å². The van der Waals surface area contributed by atoms with Gasteiger partial charge in [-0.15, -0.1) is 0 Å². The molecule has 0 aliphatic rings. The van der Waals surface area contributed by atoms with Crippen molar-refractivity contribution in [1.29, 1.82) is 0 Å². The first-order chi connectivity index (χ1) is 8.24. The van der Waals surface area contributed by atoms with Crippen LogP contribution in [0.5, 0.6) is 5.75 Å². The molecule has 3 nitrogen and oxygen atoms in total. The predicted molar refractivity (Wildman–Crippen MR) is 65.4 cm³/mol. The third kappa shape index (κ3) is 2.18. The van der Waals surface area contributed by atoms with Crippen LogP contribution in [0, 0.1) is 6.92 Å². The van der Waals surface area contributed by atoms with Crippen molar-refractivity contribution in [2.45, 2.75) is 6.92 Å². The number of aromatic nitrogens is 1. The van der Waals surface area contributed by atoms with Gasteiger partial charge in [-0.05, 0) is 30.7 Å². The van der Waals surface area contributed by atoms with E-state index in [1.54, 1.807) is 31.6 Å². The lowest BCUT2D eigenvalue weighted by atomic mass is 10.0. The summed E-state index contributed by atoms with van der Waals surface area (Å²) in [5.41, 5.74) is 2.08. The van der Waals surface area contributed by atoms with Crippen LogP contribution in [0.15, 0.2) is 42.7 Å². The SMILES string of the molecule is COc1ccccc1C(=O)c1cnccc1C. The van der Waals surface area contributed by atoms with E-state index in [-0.39, 0.29) is 5.78 Å². The van der Waals surface area contributed by atoms with E-state index in [4.69, 9.17) is 4.74 Å². The molecular weight excluding hydrogens is 214 g/mol. The summed E-state index contributed by atoms with van der Waals surface area (Å²) in [4.78, 5) is 16.3. The molecule has 0 aliphatic carbocycles. The number of carbonyl (C=O) groups is 1. The highest BCUT2D eigenvalue weighted by molar-refractivity contribution is 6.11. The van der Waals surface area contributed by atoms with E-state index in [9.17, 15) is 4.79 Å². The van der Waals surface area contributed by atoms with E-state index in [0.29, 0.717) is 16.9 Å². The summed E-state index contributed by atoms with van der Waals surface area (Å²) in [6.07, 6.45) is 3.26. The van der Waals surface area contributed by atoms with Crippen LogP contribution in [0.3, 0.4) is 0 Å². The molecule has 86 valence electrons. The van der Waals surface area contributed by atoms with Crippen LogP contribution in [-0.4, -0.2) is 17.9 Å². The molecule has 0 bridgehead atoms. The van der Waals surface area contributed by atoms with E-state index < -0.39 is 0 Å². The van der Waals surface area contributed by atoms with Crippen molar-refractivity contribution in [2.75, 3.05) is 7.11 Å². The molecule has 0 amide bonds. The fourth-order valence-electron chi connectivity index (χ4n) is 1.68. The Morgan fingerprint density at radius 1 is 1.18 bits per heavy atom. The van der Waals surface area contributed by atoms with Crippen molar-refractivity contribution in [2.24, 2.45) is 0 Å². The molecule has 2 aromatic rings. The maximum atomic E-state index is 12.3. The molecule has 0 saturated heterocycles. The third-order valence-electron chi connectivity index (χ3n) is 2.64. The largest absolute Gasteiger partial charge is 0.496 e. The van der Waals surface area contributed by atoms with Crippen LogP contribution in [0.1, 0.15) is 21.5 Å². The summed E-state index contributed by atoms with van der Waals surface area (Å²) in [6.45, 7) is 1.89.